The molecule has 1 aromatic rings. The van der Waals surface area contributed by atoms with E-state index in [4.69, 9.17) is 18.6 Å². The molecule has 2 bridgehead atoms. The van der Waals surface area contributed by atoms with Gasteiger partial charge in [0.05, 0.1) is 19.6 Å². The molecule has 7 unspecified atom stereocenters. The summed E-state index contributed by atoms with van der Waals surface area (Å²) >= 11 is 0. The van der Waals surface area contributed by atoms with Crippen LogP contribution < -0.4 is 0 Å². The highest BCUT2D eigenvalue weighted by molar-refractivity contribution is 6.00. The number of methoxy groups -OCH3 is 1. The molecule has 0 saturated heterocycles. The number of aliphatic hydroxyl groups is 1. The Morgan fingerprint density at radius 1 is 1.18 bits per heavy atom. The number of hydrogen-bond donors (Lipinski definition) is 1. The summed E-state index contributed by atoms with van der Waals surface area (Å²) in [5, 5.41) is 12.1. The lowest BCUT2D eigenvalue weighted by atomic mass is 9.40. The number of rotatable bonds is 4. The van der Waals surface area contributed by atoms with Crippen molar-refractivity contribution in [2.45, 2.75) is 71.7 Å². The zero-order valence-corrected chi connectivity index (χ0v) is 22.5. The van der Waals surface area contributed by atoms with Crippen LogP contribution in [0.5, 0.6) is 0 Å². The minimum absolute atomic E-state index is 0.0979. The first kappa shape index (κ1) is 26.4. The number of cyclic esters (lactones) is 1. The van der Waals surface area contributed by atoms with Crippen molar-refractivity contribution in [1.29, 1.82) is 0 Å². The van der Waals surface area contributed by atoms with Crippen LogP contribution in [-0.2, 0) is 33.4 Å². The van der Waals surface area contributed by atoms with Gasteiger partial charge in [-0.1, -0.05) is 27.7 Å². The number of ketones is 1. The molecule has 5 rings (SSSR count). The van der Waals surface area contributed by atoms with Crippen LogP contribution in [0.3, 0.4) is 0 Å². The van der Waals surface area contributed by atoms with E-state index in [1.54, 1.807) is 19.3 Å². The number of hydrogen-bond acceptors (Lipinski definition) is 9. The zero-order chi connectivity index (χ0) is 27.8. The Hall–Kier alpha value is -3.20. The number of furan rings is 1. The molecule has 1 aliphatic heterocycles. The average Bonchev–Trinajstić information content (AvgIpc) is 3.38. The molecule has 0 radical (unpaired) electrons. The number of ether oxygens (including phenoxy) is 3. The van der Waals surface area contributed by atoms with Gasteiger partial charge < -0.3 is 23.7 Å². The van der Waals surface area contributed by atoms with Gasteiger partial charge in [0.25, 0.3) is 0 Å². The molecule has 0 aromatic carbocycles. The van der Waals surface area contributed by atoms with Crippen molar-refractivity contribution in [3.05, 3.63) is 47.5 Å². The lowest BCUT2D eigenvalue weighted by Crippen LogP contribution is -2.73. The lowest BCUT2D eigenvalue weighted by Gasteiger charge is -2.64. The van der Waals surface area contributed by atoms with Crippen LogP contribution in [0.25, 0.3) is 0 Å². The van der Waals surface area contributed by atoms with E-state index in [1.165, 1.54) is 32.4 Å². The van der Waals surface area contributed by atoms with E-state index < -0.39 is 69.6 Å². The second-order valence-corrected chi connectivity index (χ2v) is 12.1. The molecule has 4 aliphatic rings. The lowest BCUT2D eigenvalue weighted by molar-refractivity contribution is -0.221. The molecule has 3 aliphatic carbocycles. The van der Waals surface area contributed by atoms with Gasteiger partial charge in [0.15, 0.2) is 11.4 Å². The molecule has 2 fully saturated rings. The molecule has 9 nitrogen and oxygen atoms in total. The maximum Gasteiger partial charge on any atom is 0.331 e. The molecule has 2 heterocycles. The quantitative estimate of drug-likeness (QED) is 0.462. The minimum atomic E-state index is -2.16. The van der Waals surface area contributed by atoms with Crippen molar-refractivity contribution in [3.8, 4) is 0 Å². The summed E-state index contributed by atoms with van der Waals surface area (Å²) in [6.45, 7) is 8.62. The Bertz CT molecular complexity index is 1270. The van der Waals surface area contributed by atoms with Gasteiger partial charge in [0.1, 0.15) is 12.2 Å². The maximum absolute atomic E-state index is 14.3. The SMILES string of the molecule is COC(=O)CC1C(C)(C)C(OC(C)=O)C2(O)C=C3C4=CC(=O)OC(c5ccoc5)C4(C)CCC3C1(C)C2=O. The Labute approximate surface area is 221 Å². The van der Waals surface area contributed by atoms with E-state index in [2.05, 4.69) is 0 Å². The van der Waals surface area contributed by atoms with Gasteiger partial charge in [-0.25, -0.2) is 4.79 Å². The highest BCUT2D eigenvalue weighted by Crippen LogP contribution is 2.68. The van der Waals surface area contributed by atoms with Crippen molar-refractivity contribution in [2.24, 2.45) is 28.1 Å². The normalized spacial score (nSPS) is 39.1. The molecule has 9 heteroatoms. The summed E-state index contributed by atoms with van der Waals surface area (Å²) in [6, 6.07) is 1.76. The average molecular weight is 527 g/mol. The largest absolute Gasteiger partial charge is 0.472 e. The summed E-state index contributed by atoms with van der Waals surface area (Å²) in [5.41, 5.74) is -2.96. The van der Waals surface area contributed by atoms with Crippen LogP contribution in [0.4, 0.5) is 0 Å². The Morgan fingerprint density at radius 2 is 1.89 bits per heavy atom. The van der Waals surface area contributed by atoms with Crippen LogP contribution in [0.2, 0.25) is 0 Å². The predicted molar refractivity (Wildman–Crippen MR) is 132 cm³/mol. The van der Waals surface area contributed by atoms with Crippen molar-refractivity contribution in [3.63, 3.8) is 0 Å². The molecule has 1 aromatic heterocycles. The monoisotopic (exact) mass is 526 g/mol. The highest BCUT2D eigenvalue weighted by atomic mass is 16.6. The molecular weight excluding hydrogens is 492 g/mol. The predicted octanol–water partition coefficient (Wildman–Crippen LogP) is 3.62. The highest BCUT2D eigenvalue weighted by Gasteiger charge is 2.73. The minimum Gasteiger partial charge on any atom is -0.472 e. The first-order chi connectivity index (χ1) is 17.7. The molecule has 38 heavy (non-hydrogen) atoms. The molecule has 0 amide bonds. The van der Waals surface area contributed by atoms with E-state index in [9.17, 15) is 24.3 Å². The van der Waals surface area contributed by atoms with Gasteiger partial charge in [-0.3, -0.25) is 14.4 Å². The number of allylic oxidation sites excluding steroid dienone is 1. The van der Waals surface area contributed by atoms with Crippen LogP contribution in [0.15, 0.2) is 46.3 Å². The Kier molecular flexibility index (Phi) is 5.84. The third-order valence-corrected chi connectivity index (χ3v) is 9.71. The van der Waals surface area contributed by atoms with Gasteiger partial charge in [-0.2, -0.15) is 0 Å². The van der Waals surface area contributed by atoms with E-state index in [-0.39, 0.29) is 6.42 Å². The number of carbonyl (C=O) groups is 4. The molecule has 2 saturated carbocycles. The second kappa shape index (κ2) is 8.40. The fourth-order valence-electron chi connectivity index (χ4n) is 7.98. The number of esters is 3. The number of fused-ring (bicyclic) bond motifs is 6. The summed E-state index contributed by atoms with van der Waals surface area (Å²) in [5.74, 6) is -3.20. The standard InChI is InChI=1S/C29H34O9/c1-15(30)37-25-26(2,3)20(12-21(31)35-6)28(5)18-7-9-27(4)19(17(18)13-29(25,34)24(28)33)11-22(32)38-23(27)16-8-10-36-14-16/h8,10-11,13-14,18,20,23,25,34H,7,9,12H2,1-6H3. The Morgan fingerprint density at radius 3 is 2.50 bits per heavy atom. The van der Waals surface area contributed by atoms with Crippen molar-refractivity contribution < 1.29 is 42.9 Å². The fraction of sp³-hybridized carbons (Fsp3) is 0.586. The third-order valence-electron chi connectivity index (χ3n) is 9.71. The van der Waals surface area contributed by atoms with Gasteiger partial charge in [0.2, 0.25) is 0 Å². The van der Waals surface area contributed by atoms with Crippen molar-refractivity contribution >= 4 is 23.7 Å². The zero-order valence-electron chi connectivity index (χ0n) is 22.5. The van der Waals surface area contributed by atoms with Crippen molar-refractivity contribution in [1.82, 2.24) is 0 Å². The molecule has 0 spiro atoms. The van der Waals surface area contributed by atoms with Crippen LogP contribution in [-0.4, -0.2) is 47.6 Å². The van der Waals surface area contributed by atoms with Crippen LogP contribution >= 0.6 is 0 Å². The third kappa shape index (κ3) is 3.40. The molecule has 1 N–H and O–H groups in total. The number of Topliss-reactive ketones (excluding diaryl/α,β-unsaturated/α-hetero) is 1. The second-order valence-electron chi connectivity index (χ2n) is 12.1. The number of carbonyl (C=O) groups excluding carboxylic acids is 4. The topological polar surface area (TPSA) is 129 Å². The smallest absolute Gasteiger partial charge is 0.331 e. The summed E-state index contributed by atoms with van der Waals surface area (Å²) in [6.07, 6.45) is 5.16. The molecule has 204 valence electrons. The summed E-state index contributed by atoms with van der Waals surface area (Å²) in [7, 11) is 1.29. The maximum atomic E-state index is 14.3. The summed E-state index contributed by atoms with van der Waals surface area (Å²) < 4.78 is 21.7. The van der Waals surface area contributed by atoms with Crippen LogP contribution in [0.1, 0.15) is 65.5 Å². The fourth-order valence-corrected chi connectivity index (χ4v) is 7.98. The molecule has 7 atom stereocenters. The van der Waals surface area contributed by atoms with Gasteiger partial charge >= 0.3 is 17.9 Å². The summed E-state index contributed by atoms with van der Waals surface area (Å²) in [4.78, 5) is 52.0. The van der Waals surface area contributed by atoms with Gasteiger partial charge in [-0.05, 0) is 48.0 Å². The van der Waals surface area contributed by atoms with Crippen LogP contribution in [0, 0.1) is 28.1 Å². The first-order valence-electron chi connectivity index (χ1n) is 12.9. The van der Waals surface area contributed by atoms with Gasteiger partial charge in [0, 0.05) is 41.2 Å². The molecular formula is C29H34O9. The van der Waals surface area contributed by atoms with E-state index in [0.717, 1.165) is 0 Å². The first-order valence-corrected chi connectivity index (χ1v) is 12.9. The van der Waals surface area contributed by atoms with E-state index >= 15 is 0 Å². The van der Waals surface area contributed by atoms with Gasteiger partial charge in [-0.15, -0.1) is 0 Å². The van der Waals surface area contributed by atoms with E-state index in [1.807, 2.05) is 20.8 Å². The van der Waals surface area contributed by atoms with E-state index in [0.29, 0.717) is 29.6 Å². The van der Waals surface area contributed by atoms with Crippen molar-refractivity contribution in [2.75, 3.05) is 7.11 Å². The Balaban J connectivity index is 1.74.